The van der Waals surface area contributed by atoms with Gasteiger partial charge in [0.25, 0.3) is 0 Å². The first-order chi connectivity index (χ1) is 12.7. The van der Waals surface area contributed by atoms with E-state index in [1.54, 1.807) is 12.1 Å². The third-order valence-electron chi connectivity index (χ3n) is 3.69. The van der Waals surface area contributed by atoms with Crippen molar-refractivity contribution in [2.24, 2.45) is 0 Å². The highest BCUT2D eigenvalue weighted by atomic mass is 35.5. The largest absolute Gasteiger partial charge is 0.478 e. The zero-order valence-corrected chi connectivity index (χ0v) is 16.9. The minimum Gasteiger partial charge on any atom is -0.478 e. The molecule has 0 saturated heterocycles. The Morgan fingerprint density at radius 1 is 1.22 bits per heavy atom. The van der Waals surface area contributed by atoms with Crippen LogP contribution in [0.3, 0.4) is 0 Å². The van der Waals surface area contributed by atoms with Gasteiger partial charge in [-0.15, -0.1) is 0 Å². The number of sulfonamides is 1. The predicted octanol–water partition coefficient (Wildman–Crippen LogP) is 3.92. The minimum atomic E-state index is -3.79. The highest BCUT2D eigenvalue weighted by Gasteiger charge is 2.23. The van der Waals surface area contributed by atoms with E-state index in [1.807, 2.05) is 6.92 Å². The Bertz CT molecular complexity index is 931. The van der Waals surface area contributed by atoms with Crippen LogP contribution in [0.25, 0.3) is 0 Å². The highest BCUT2D eigenvalue weighted by molar-refractivity contribution is 7.89. The Kier molecular flexibility index (Phi) is 7.32. The molecular weight excluding hydrogens is 408 g/mol. The first-order valence-electron chi connectivity index (χ1n) is 8.15. The lowest BCUT2D eigenvalue weighted by atomic mass is 10.1. The van der Waals surface area contributed by atoms with Crippen LogP contribution in [0.2, 0.25) is 5.02 Å². The summed E-state index contributed by atoms with van der Waals surface area (Å²) in [6.07, 6.45) is 1.18. The van der Waals surface area contributed by atoms with Crippen molar-refractivity contribution in [1.82, 2.24) is 4.72 Å². The Balaban J connectivity index is 2.18. The van der Waals surface area contributed by atoms with Crippen molar-refractivity contribution in [2.45, 2.75) is 30.7 Å². The molecule has 0 aliphatic carbocycles. The van der Waals surface area contributed by atoms with Gasteiger partial charge in [0, 0.05) is 10.7 Å². The number of benzene rings is 2. The molecule has 1 atom stereocenters. The number of rotatable bonds is 8. The summed E-state index contributed by atoms with van der Waals surface area (Å²) in [5.41, 5.74) is 0.586. The van der Waals surface area contributed by atoms with E-state index in [0.717, 1.165) is 0 Å². The van der Waals surface area contributed by atoms with Crippen molar-refractivity contribution >= 4 is 50.5 Å². The maximum atomic E-state index is 12.6. The van der Waals surface area contributed by atoms with Gasteiger partial charge in [0.15, 0.2) is 0 Å². The molecule has 2 aromatic rings. The second-order valence-corrected chi connectivity index (χ2v) is 8.38. The zero-order chi connectivity index (χ0) is 20.0. The lowest BCUT2D eigenvalue weighted by molar-refractivity contribution is 0.0697. The molecule has 0 spiro atoms. The average Bonchev–Trinajstić information content (AvgIpc) is 2.61. The number of aromatic carboxylic acids is 1. The second-order valence-electron chi connectivity index (χ2n) is 5.79. The smallest absolute Gasteiger partial charge is 0.335 e. The van der Waals surface area contributed by atoms with E-state index >= 15 is 0 Å². The van der Waals surface area contributed by atoms with Crippen LogP contribution < -0.4 is 10.0 Å². The molecule has 0 heterocycles. The van der Waals surface area contributed by atoms with Gasteiger partial charge in [-0.2, -0.15) is 0 Å². The van der Waals surface area contributed by atoms with Crippen molar-refractivity contribution in [3.8, 4) is 0 Å². The van der Waals surface area contributed by atoms with E-state index in [1.165, 1.54) is 36.4 Å². The van der Waals surface area contributed by atoms with Gasteiger partial charge >= 0.3 is 5.97 Å². The fourth-order valence-electron chi connectivity index (χ4n) is 2.36. The SMILES string of the molecule is CCC[C@H](NS(=O)(=O)c1ccc(Cl)cc1)C(=S)Nc1cccc(C(=O)O)c1. The molecule has 0 fully saturated rings. The molecule has 0 unspecified atom stereocenters. The summed E-state index contributed by atoms with van der Waals surface area (Å²) in [6, 6.07) is 11.3. The average molecular weight is 427 g/mol. The molecule has 0 bridgehead atoms. The van der Waals surface area contributed by atoms with Gasteiger partial charge in [0.05, 0.1) is 21.5 Å². The molecule has 0 amide bonds. The summed E-state index contributed by atoms with van der Waals surface area (Å²) in [5, 5.41) is 12.4. The zero-order valence-electron chi connectivity index (χ0n) is 14.5. The topological polar surface area (TPSA) is 95.5 Å². The summed E-state index contributed by atoms with van der Waals surface area (Å²) in [5.74, 6) is -1.06. The van der Waals surface area contributed by atoms with Crippen molar-refractivity contribution in [3.63, 3.8) is 0 Å². The van der Waals surface area contributed by atoms with Gasteiger partial charge < -0.3 is 10.4 Å². The van der Waals surface area contributed by atoms with Gasteiger partial charge in [-0.25, -0.2) is 17.9 Å². The highest BCUT2D eigenvalue weighted by Crippen LogP contribution is 2.17. The molecule has 27 heavy (non-hydrogen) atoms. The summed E-state index contributed by atoms with van der Waals surface area (Å²) < 4.78 is 27.8. The first kappa shape index (κ1) is 21.3. The van der Waals surface area contributed by atoms with E-state index in [-0.39, 0.29) is 15.4 Å². The summed E-state index contributed by atoms with van der Waals surface area (Å²) in [7, 11) is -3.79. The Morgan fingerprint density at radius 3 is 2.48 bits per heavy atom. The van der Waals surface area contributed by atoms with E-state index in [4.69, 9.17) is 28.9 Å². The van der Waals surface area contributed by atoms with Crippen LogP contribution in [0.15, 0.2) is 53.4 Å². The number of nitrogens with one attached hydrogen (secondary N) is 2. The lowest BCUT2D eigenvalue weighted by Crippen LogP contribution is -2.42. The fraction of sp³-hybridized carbons (Fsp3) is 0.222. The van der Waals surface area contributed by atoms with Crippen LogP contribution in [0.5, 0.6) is 0 Å². The number of hydrogen-bond acceptors (Lipinski definition) is 4. The Hall–Kier alpha value is -2.00. The molecule has 0 radical (unpaired) electrons. The van der Waals surface area contributed by atoms with Crippen LogP contribution in [0.4, 0.5) is 5.69 Å². The number of anilines is 1. The maximum Gasteiger partial charge on any atom is 0.335 e. The molecule has 2 aromatic carbocycles. The van der Waals surface area contributed by atoms with E-state index in [2.05, 4.69) is 10.0 Å². The molecule has 2 rings (SSSR count). The van der Waals surface area contributed by atoms with Crippen LogP contribution in [-0.4, -0.2) is 30.5 Å². The monoisotopic (exact) mass is 426 g/mol. The Morgan fingerprint density at radius 2 is 1.89 bits per heavy atom. The third-order valence-corrected chi connectivity index (χ3v) is 5.82. The molecule has 0 aliphatic heterocycles. The van der Waals surface area contributed by atoms with Crippen LogP contribution in [-0.2, 0) is 10.0 Å². The molecule has 9 heteroatoms. The van der Waals surface area contributed by atoms with Crippen LogP contribution >= 0.6 is 23.8 Å². The number of halogens is 1. The van der Waals surface area contributed by atoms with Crippen molar-refractivity contribution in [1.29, 1.82) is 0 Å². The number of carbonyl (C=O) groups is 1. The van der Waals surface area contributed by atoms with Gasteiger partial charge in [-0.3, -0.25) is 0 Å². The van der Waals surface area contributed by atoms with Gasteiger partial charge in [0.1, 0.15) is 0 Å². The van der Waals surface area contributed by atoms with E-state index in [0.29, 0.717) is 23.6 Å². The molecule has 0 aromatic heterocycles. The predicted molar refractivity (Wildman–Crippen MR) is 110 cm³/mol. The molecule has 3 N–H and O–H groups in total. The van der Waals surface area contributed by atoms with Gasteiger partial charge in [0.2, 0.25) is 10.0 Å². The number of hydrogen-bond donors (Lipinski definition) is 3. The third kappa shape index (κ3) is 6.00. The van der Waals surface area contributed by atoms with Crippen LogP contribution in [0, 0.1) is 0 Å². The molecular formula is C18H19ClN2O4S2. The maximum absolute atomic E-state index is 12.6. The lowest BCUT2D eigenvalue weighted by Gasteiger charge is -2.20. The van der Waals surface area contributed by atoms with Gasteiger partial charge in [-0.05, 0) is 48.9 Å². The standard InChI is InChI=1S/C18H19ClN2O4S2/c1-2-4-16(21-27(24,25)15-9-7-13(19)8-10-15)17(26)20-14-6-3-5-12(11-14)18(22)23/h3,5-11,16,21H,2,4H2,1H3,(H,20,26)(H,22,23)/t16-/m0/s1. The Labute approximate surface area is 168 Å². The summed E-state index contributed by atoms with van der Waals surface area (Å²) in [6.45, 7) is 1.91. The fourth-order valence-corrected chi connectivity index (χ4v) is 4.10. The molecule has 0 saturated carbocycles. The van der Waals surface area contributed by atoms with Crippen molar-refractivity contribution < 1.29 is 18.3 Å². The van der Waals surface area contributed by atoms with E-state index < -0.39 is 22.0 Å². The van der Waals surface area contributed by atoms with E-state index in [9.17, 15) is 13.2 Å². The first-order valence-corrected chi connectivity index (χ1v) is 10.4. The minimum absolute atomic E-state index is 0.0867. The molecule has 6 nitrogen and oxygen atoms in total. The summed E-state index contributed by atoms with van der Waals surface area (Å²) >= 11 is 11.2. The number of carboxylic acids is 1. The normalized spacial score (nSPS) is 12.4. The summed E-state index contributed by atoms with van der Waals surface area (Å²) in [4.78, 5) is 11.4. The molecule has 144 valence electrons. The number of carboxylic acid groups (broad SMARTS) is 1. The van der Waals surface area contributed by atoms with Crippen LogP contribution in [0.1, 0.15) is 30.1 Å². The molecule has 0 aliphatic rings. The van der Waals surface area contributed by atoms with Crippen molar-refractivity contribution in [2.75, 3.05) is 5.32 Å². The quantitative estimate of drug-likeness (QED) is 0.553. The van der Waals surface area contributed by atoms with Gasteiger partial charge in [-0.1, -0.05) is 43.2 Å². The van der Waals surface area contributed by atoms with Crippen molar-refractivity contribution in [3.05, 3.63) is 59.1 Å². The second kappa shape index (κ2) is 9.27. The number of thiocarbonyl (C=S) groups is 1.